The predicted molar refractivity (Wildman–Crippen MR) is 46.6 cm³/mol. The molecular formula is C10H12O4. The predicted octanol–water partition coefficient (Wildman–Crippen LogP) is 0.645. The van der Waals surface area contributed by atoms with Gasteiger partial charge in [0.1, 0.15) is 11.6 Å². The minimum Gasteiger partial charge on any atom is -0.481 e. The first-order valence-electron chi connectivity index (χ1n) is 4.89. The molecule has 4 heteroatoms. The fourth-order valence-electron chi connectivity index (χ4n) is 2.48. The van der Waals surface area contributed by atoms with Gasteiger partial charge < -0.3 is 5.11 Å². The molecule has 0 amide bonds. The Morgan fingerprint density at radius 1 is 1.29 bits per heavy atom. The van der Waals surface area contributed by atoms with E-state index in [4.69, 9.17) is 5.11 Å². The summed E-state index contributed by atoms with van der Waals surface area (Å²) < 4.78 is 0. The van der Waals surface area contributed by atoms with Crippen molar-refractivity contribution in [2.24, 2.45) is 17.8 Å². The monoisotopic (exact) mass is 196 g/mol. The summed E-state index contributed by atoms with van der Waals surface area (Å²) in [5.74, 6) is -2.22. The molecule has 2 aliphatic carbocycles. The number of carbonyl (C=O) groups excluding carboxylic acids is 2. The van der Waals surface area contributed by atoms with Crippen LogP contribution in [0.1, 0.15) is 25.7 Å². The number of hydrogen-bond acceptors (Lipinski definition) is 3. The van der Waals surface area contributed by atoms with Crippen LogP contribution in [-0.2, 0) is 14.4 Å². The minimum atomic E-state index is -0.873. The normalized spacial score (nSPS) is 37.0. The van der Waals surface area contributed by atoms with Crippen LogP contribution < -0.4 is 0 Å². The standard InChI is InChI=1S/C10H12O4/c11-8-2-1-5-3-6(10(13)14)4-7(8)9(5)12/h5-7H,1-4H2,(H,13,14)/t5-,6+,7+/m1/s1. The second-order valence-corrected chi connectivity index (χ2v) is 4.16. The molecular weight excluding hydrogens is 184 g/mol. The Hall–Kier alpha value is -1.19. The fourth-order valence-corrected chi connectivity index (χ4v) is 2.48. The minimum absolute atomic E-state index is 0.0150. The van der Waals surface area contributed by atoms with Crippen LogP contribution in [0, 0.1) is 17.8 Å². The van der Waals surface area contributed by atoms with Crippen molar-refractivity contribution in [3.05, 3.63) is 0 Å². The third-order valence-corrected chi connectivity index (χ3v) is 3.31. The van der Waals surface area contributed by atoms with Gasteiger partial charge in [0.05, 0.1) is 11.8 Å². The molecule has 1 N–H and O–H groups in total. The van der Waals surface area contributed by atoms with Crippen LogP contribution in [0.15, 0.2) is 0 Å². The number of Topliss-reactive ketones (excluding diaryl/α,β-unsaturated/α-hetero) is 2. The summed E-state index contributed by atoms with van der Waals surface area (Å²) in [4.78, 5) is 33.7. The Kier molecular flexibility index (Phi) is 2.13. The molecule has 3 atom stereocenters. The number of hydrogen-bond donors (Lipinski definition) is 1. The van der Waals surface area contributed by atoms with Crippen molar-refractivity contribution >= 4 is 17.5 Å². The van der Waals surface area contributed by atoms with Crippen molar-refractivity contribution < 1.29 is 19.5 Å². The number of ketones is 2. The van der Waals surface area contributed by atoms with Crippen molar-refractivity contribution in [1.82, 2.24) is 0 Å². The van der Waals surface area contributed by atoms with E-state index < -0.39 is 17.8 Å². The van der Waals surface area contributed by atoms with Crippen molar-refractivity contribution in [2.45, 2.75) is 25.7 Å². The smallest absolute Gasteiger partial charge is 0.306 e. The fraction of sp³-hybridized carbons (Fsp3) is 0.700. The molecule has 76 valence electrons. The quantitative estimate of drug-likeness (QED) is 0.625. The maximum atomic E-state index is 11.6. The number of carboxylic acid groups (broad SMARTS) is 1. The van der Waals surface area contributed by atoms with Gasteiger partial charge in [-0.3, -0.25) is 14.4 Å². The summed E-state index contributed by atoms with van der Waals surface area (Å²) in [7, 11) is 0. The average Bonchev–Trinajstić information content (AvgIpc) is 2.11. The van der Waals surface area contributed by atoms with Gasteiger partial charge in [-0.15, -0.1) is 0 Å². The van der Waals surface area contributed by atoms with Crippen LogP contribution in [0.3, 0.4) is 0 Å². The van der Waals surface area contributed by atoms with Gasteiger partial charge in [0.25, 0.3) is 0 Å². The molecule has 0 aromatic carbocycles. The molecule has 4 nitrogen and oxygen atoms in total. The first-order valence-corrected chi connectivity index (χ1v) is 4.89. The molecule has 0 aromatic rings. The number of carboxylic acids is 1. The van der Waals surface area contributed by atoms with E-state index in [1.165, 1.54) is 0 Å². The van der Waals surface area contributed by atoms with Crippen LogP contribution in [0.4, 0.5) is 0 Å². The van der Waals surface area contributed by atoms with Crippen LogP contribution in [0.2, 0.25) is 0 Å². The largest absolute Gasteiger partial charge is 0.481 e. The summed E-state index contributed by atoms with van der Waals surface area (Å²) in [5.41, 5.74) is 0. The highest BCUT2D eigenvalue weighted by molar-refractivity contribution is 6.06. The molecule has 0 spiro atoms. The molecule has 14 heavy (non-hydrogen) atoms. The molecule has 0 aromatic heterocycles. The Morgan fingerprint density at radius 2 is 2.00 bits per heavy atom. The molecule has 0 unspecified atom stereocenters. The molecule has 2 rings (SSSR count). The van der Waals surface area contributed by atoms with Gasteiger partial charge in [-0.25, -0.2) is 0 Å². The lowest BCUT2D eigenvalue weighted by atomic mass is 9.66. The van der Waals surface area contributed by atoms with Crippen LogP contribution >= 0.6 is 0 Å². The first-order chi connectivity index (χ1) is 6.59. The molecule has 2 fully saturated rings. The highest BCUT2D eigenvalue weighted by atomic mass is 16.4. The van der Waals surface area contributed by atoms with E-state index >= 15 is 0 Å². The summed E-state index contributed by atoms with van der Waals surface area (Å²) in [6, 6.07) is 0. The van der Waals surface area contributed by atoms with E-state index in [1.54, 1.807) is 0 Å². The highest BCUT2D eigenvalue weighted by Gasteiger charge is 2.45. The SMILES string of the molecule is O=C(O)[C@H]1C[C@H]2CCC(=O)[C@H](C1)C2=O. The zero-order chi connectivity index (χ0) is 10.3. The Balaban J connectivity index is 2.20. The number of aliphatic carboxylic acids is 1. The zero-order valence-electron chi connectivity index (χ0n) is 7.73. The molecule has 0 aliphatic heterocycles. The molecule has 0 saturated heterocycles. The maximum Gasteiger partial charge on any atom is 0.306 e. The third-order valence-electron chi connectivity index (χ3n) is 3.31. The lowest BCUT2D eigenvalue weighted by Gasteiger charge is -2.34. The van der Waals surface area contributed by atoms with E-state index in [0.717, 1.165) is 0 Å². The zero-order valence-corrected chi connectivity index (χ0v) is 7.73. The Morgan fingerprint density at radius 3 is 2.64 bits per heavy atom. The first kappa shape index (κ1) is 9.37. The van der Waals surface area contributed by atoms with Crippen LogP contribution in [-0.4, -0.2) is 22.6 Å². The van der Waals surface area contributed by atoms with Gasteiger partial charge in [-0.05, 0) is 19.3 Å². The van der Waals surface area contributed by atoms with Gasteiger partial charge >= 0.3 is 5.97 Å². The summed E-state index contributed by atoms with van der Waals surface area (Å²) in [6.45, 7) is 0. The van der Waals surface area contributed by atoms with Gasteiger partial charge in [0.2, 0.25) is 0 Å². The topological polar surface area (TPSA) is 71.4 Å². The van der Waals surface area contributed by atoms with Crippen molar-refractivity contribution in [3.8, 4) is 0 Å². The lowest BCUT2D eigenvalue weighted by molar-refractivity contribution is -0.150. The van der Waals surface area contributed by atoms with E-state index in [1.807, 2.05) is 0 Å². The Bertz CT molecular complexity index is 307. The van der Waals surface area contributed by atoms with Gasteiger partial charge in [0, 0.05) is 12.3 Å². The summed E-state index contributed by atoms with van der Waals surface area (Å²) >= 11 is 0. The van der Waals surface area contributed by atoms with Crippen LogP contribution in [0.5, 0.6) is 0 Å². The molecule has 2 bridgehead atoms. The molecule has 2 aliphatic rings. The highest BCUT2D eigenvalue weighted by Crippen LogP contribution is 2.38. The summed E-state index contributed by atoms with van der Waals surface area (Å²) in [5, 5.41) is 8.84. The maximum absolute atomic E-state index is 11.6. The molecule has 0 heterocycles. The van der Waals surface area contributed by atoms with E-state index in [0.29, 0.717) is 19.3 Å². The van der Waals surface area contributed by atoms with E-state index in [2.05, 4.69) is 0 Å². The summed E-state index contributed by atoms with van der Waals surface area (Å²) in [6.07, 6.45) is 1.66. The number of rotatable bonds is 1. The van der Waals surface area contributed by atoms with Crippen molar-refractivity contribution in [3.63, 3.8) is 0 Å². The lowest BCUT2D eigenvalue weighted by Crippen LogP contribution is -2.43. The number of fused-ring (bicyclic) bond motifs is 2. The van der Waals surface area contributed by atoms with Crippen molar-refractivity contribution in [1.29, 1.82) is 0 Å². The second kappa shape index (κ2) is 3.19. The third kappa shape index (κ3) is 1.35. The Labute approximate surface area is 81.3 Å². The van der Waals surface area contributed by atoms with Gasteiger partial charge in [-0.2, -0.15) is 0 Å². The average molecular weight is 196 g/mol. The molecule has 2 saturated carbocycles. The van der Waals surface area contributed by atoms with E-state index in [9.17, 15) is 14.4 Å². The molecule has 0 radical (unpaired) electrons. The van der Waals surface area contributed by atoms with Crippen molar-refractivity contribution in [2.75, 3.05) is 0 Å². The number of carbonyl (C=O) groups is 3. The van der Waals surface area contributed by atoms with Crippen LogP contribution in [0.25, 0.3) is 0 Å². The van der Waals surface area contributed by atoms with Gasteiger partial charge in [-0.1, -0.05) is 0 Å². The van der Waals surface area contributed by atoms with Gasteiger partial charge in [0.15, 0.2) is 0 Å². The van der Waals surface area contributed by atoms with E-state index in [-0.39, 0.29) is 23.9 Å². The second-order valence-electron chi connectivity index (χ2n) is 4.16.